The van der Waals surface area contributed by atoms with Crippen LogP contribution in [0.3, 0.4) is 0 Å². The lowest BCUT2D eigenvalue weighted by Gasteiger charge is -2.46. The molecule has 2 aliphatic heterocycles. The van der Waals surface area contributed by atoms with Gasteiger partial charge < -0.3 is 39.1 Å². The average Bonchev–Trinajstić information content (AvgIpc) is 3.31. The number of nitrogens with zero attached hydrogens (tertiary/aromatic N) is 3. The van der Waals surface area contributed by atoms with E-state index in [0.29, 0.717) is 10.7 Å². The number of aliphatic hydroxyl groups is 1. The second-order valence-corrected chi connectivity index (χ2v) is 10.3. The first-order valence-electron chi connectivity index (χ1n) is 10.2. The van der Waals surface area contributed by atoms with Crippen LogP contribution < -0.4 is 28.5 Å². The summed E-state index contributed by atoms with van der Waals surface area (Å²) in [7, 11) is 2.06. The second kappa shape index (κ2) is 8.30. The number of hydrogen-bond donors (Lipinski definition) is 2. The van der Waals surface area contributed by atoms with Crippen LogP contribution in [0.25, 0.3) is 16.0 Å². The highest BCUT2D eigenvalue weighted by Gasteiger charge is 2.60. The summed E-state index contributed by atoms with van der Waals surface area (Å²) in [4.78, 5) is 27.8. The third-order valence-corrected chi connectivity index (χ3v) is 8.86. The van der Waals surface area contributed by atoms with Crippen molar-refractivity contribution in [2.45, 2.75) is 38.7 Å². The van der Waals surface area contributed by atoms with Crippen LogP contribution in [0, 0.1) is 18.8 Å². The van der Waals surface area contributed by atoms with E-state index in [2.05, 4.69) is 46.5 Å². The largest absolute Gasteiger partial charge is 1.00 e. The maximum atomic E-state index is 12.5. The highest BCUT2D eigenvalue weighted by molar-refractivity contribution is 8.02. The summed E-state index contributed by atoms with van der Waals surface area (Å²) in [5, 5.41) is 22.0. The maximum Gasteiger partial charge on any atom is 0.353 e. The third kappa shape index (κ3) is 3.21. The Morgan fingerprint density at radius 3 is 2.75 bits per heavy atom. The van der Waals surface area contributed by atoms with E-state index in [0.717, 1.165) is 21.7 Å². The Balaban J connectivity index is 0.00000245. The monoisotopic (exact) mass is 585 g/mol. The average molecular weight is 585 g/mol. The molecule has 3 aromatic rings. The summed E-state index contributed by atoms with van der Waals surface area (Å²) in [5.74, 6) is -1.44. The molecule has 0 spiro atoms. The minimum absolute atomic E-state index is 0. The molecule has 1 fully saturated rings. The summed E-state index contributed by atoms with van der Waals surface area (Å²) in [6.45, 7) is 5.63. The Kier molecular flexibility index (Phi) is 6.10. The standard InChI is InChI=1S/C22H23N3O4S2.HI/c1-10-5-6-14-15(7-10)23(4)22-24(14)13(9-31-22)8-30-19-11(2)17-16(12(3)26)20(27)25(17)18(19)21(28)29;/h5-7,9,11-12,16-17,26H,8H2,1-4H3;1H/t11-,12-,16-,17-;/m1./s1. The molecule has 4 heterocycles. The number of fused-ring (bicyclic) bond motifs is 4. The number of benzene rings is 1. The fourth-order valence-corrected chi connectivity index (χ4v) is 7.35. The lowest BCUT2D eigenvalue weighted by Crippen LogP contribution is -3.00. The lowest BCUT2D eigenvalue weighted by molar-refractivity contribution is -0.616. The summed E-state index contributed by atoms with van der Waals surface area (Å²) in [5.41, 5.74) is 4.66. The van der Waals surface area contributed by atoms with E-state index in [4.69, 9.17) is 0 Å². The van der Waals surface area contributed by atoms with Crippen molar-refractivity contribution < 1.29 is 48.3 Å². The Labute approximate surface area is 210 Å². The fraction of sp³-hybridized carbons (Fsp3) is 0.409. The van der Waals surface area contributed by atoms with E-state index in [1.54, 1.807) is 18.3 Å². The van der Waals surface area contributed by atoms with Crippen LogP contribution in [-0.2, 0) is 22.4 Å². The van der Waals surface area contributed by atoms with Crippen molar-refractivity contribution in [1.82, 2.24) is 9.30 Å². The third-order valence-electron chi connectivity index (χ3n) is 6.49. The van der Waals surface area contributed by atoms with Gasteiger partial charge in [0.25, 0.3) is 0 Å². The highest BCUT2D eigenvalue weighted by atomic mass is 127. The molecule has 10 heteroatoms. The molecular formula is C22H24IN3O4S2. The first-order chi connectivity index (χ1) is 14.7. The highest BCUT2D eigenvalue weighted by Crippen LogP contribution is 2.51. The van der Waals surface area contributed by atoms with Gasteiger partial charge in [0, 0.05) is 16.2 Å². The first-order valence-corrected chi connectivity index (χ1v) is 12.1. The van der Waals surface area contributed by atoms with Gasteiger partial charge >= 0.3 is 10.9 Å². The van der Waals surface area contributed by atoms with Crippen molar-refractivity contribution in [2.24, 2.45) is 18.9 Å². The zero-order valence-corrected chi connectivity index (χ0v) is 21.9. The van der Waals surface area contributed by atoms with Gasteiger partial charge in [-0.1, -0.05) is 24.3 Å². The Morgan fingerprint density at radius 1 is 1.38 bits per heavy atom. The smallest absolute Gasteiger partial charge is 0.353 e. The van der Waals surface area contributed by atoms with Gasteiger partial charge in [0.1, 0.15) is 11.4 Å². The number of carboxylic acids is 1. The van der Waals surface area contributed by atoms with Crippen molar-refractivity contribution in [1.29, 1.82) is 0 Å². The van der Waals surface area contributed by atoms with Gasteiger partial charge in [-0.05, 0) is 31.5 Å². The summed E-state index contributed by atoms with van der Waals surface area (Å²) >= 11 is 3.15. The number of rotatable bonds is 5. The Hall–Kier alpha value is -1.63. The van der Waals surface area contributed by atoms with Crippen LogP contribution in [-0.4, -0.2) is 43.5 Å². The Morgan fingerprint density at radius 2 is 2.09 bits per heavy atom. The number of aliphatic carboxylic acids is 1. The van der Waals surface area contributed by atoms with Gasteiger partial charge in [-0.2, -0.15) is 4.40 Å². The second-order valence-electron chi connectivity index (χ2n) is 8.46. The molecule has 0 aliphatic carbocycles. The van der Waals surface area contributed by atoms with Crippen molar-refractivity contribution in [3.05, 3.63) is 45.4 Å². The zero-order chi connectivity index (χ0) is 22.2. The molecule has 32 heavy (non-hydrogen) atoms. The molecule has 0 unspecified atom stereocenters. The van der Waals surface area contributed by atoms with Crippen LogP contribution in [0.1, 0.15) is 25.1 Å². The first kappa shape index (κ1) is 23.5. The molecule has 1 aromatic carbocycles. The number of carboxylic acid groups (broad SMARTS) is 1. The van der Waals surface area contributed by atoms with Gasteiger partial charge in [0.15, 0.2) is 11.0 Å². The van der Waals surface area contributed by atoms with Crippen molar-refractivity contribution >= 4 is 51.0 Å². The Bertz CT molecular complexity index is 1300. The quantitative estimate of drug-likeness (QED) is 0.244. The van der Waals surface area contributed by atoms with Crippen LogP contribution in [0.2, 0.25) is 0 Å². The molecule has 0 bridgehead atoms. The molecule has 1 saturated heterocycles. The molecule has 4 atom stereocenters. The van der Waals surface area contributed by atoms with E-state index < -0.39 is 18.0 Å². The van der Waals surface area contributed by atoms with Crippen molar-refractivity contribution in [3.63, 3.8) is 0 Å². The minimum atomic E-state index is -1.09. The number of aliphatic hydroxyl groups excluding tert-OH is 1. The van der Waals surface area contributed by atoms with Gasteiger partial charge in [0.05, 0.1) is 30.9 Å². The predicted octanol–water partition coefficient (Wildman–Crippen LogP) is -0.322. The van der Waals surface area contributed by atoms with E-state index in [1.165, 1.54) is 22.2 Å². The van der Waals surface area contributed by atoms with Crippen LogP contribution >= 0.6 is 23.1 Å². The number of aryl methyl sites for hydroxylation is 2. The molecule has 2 aliphatic rings. The van der Waals surface area contributed by atoms with Gasteiger partial charge in [-0.25, -0.2) is 9.36 Å². The molecule has 2 aromatic heterocycles. The molecule has 0 radical (unpaired) electrons. The number of aromatic nitrogens is 2. The normalized spacial score (nSPS) is 23.5. The molecule has 2 N–H and O–H groups in total. The van der Waals surface area contributed by atoms with E-state index >= 15 is 0 Å². The number of halogens is 1. The SMILES string of the molecule is Cc1ccc2c(c1)[n+](C)c1scc(CSC3=C(C(=O)O)N4C(=O)[C@H]([C@@H](C)O)[C@H]4[C@H]3C)n21.[I-]. The maximum absolute atomic E-state index is 12.5. The number of thioether (sulfide) groups is 1. The van der Waals surface area contributed by atoms with Crippen LogP contribution in [0.15, 0.2) is 34.2 Å². The summed E-state index contributed by atoms with van der Waals surface area (Å²) in [6, 6.07) is 6.11. The van der Waals surface area contributed by atoms with Gasteiger partial charge in [-0.3, -0.25) is 4.79 Å². The number of imidazole rings is 1. The number of thiazole rings is 1. The minimum Gasteiger partial charge on any atom is -1.00 e. The van der Waals surface area contributed by atoms with Crippen LogP contribution in [0.5, 0.6) is 0 Å². The number of carbonyl (C=O) groups is 2. The molecular weight excluding hydrogens is 561 g/mol. The van der Waals surface area contributed by atoms with E-state index in [1.807, 2.05) is 6.92 Å². The van der Waals surface area contributed by atoms with E-state index in [-0.39, 0.29) is 47.5 Å². The number of β-lactam (4-membered cyclic amide) rings is 1. The van der Waals surface area contributed by atoms with Crippen molar-refractivity contribution in [2.75, 3.05) is 0 Å². The fourth-order valence-electron chi connectivity index (χ4n) is 5.00. The number of carbonyl (C=O) groups excluding carboxylic acids is 1. The molecule has 7 nitrogen and oxygen atoms in total. The van der Waals surface area contributed by atoms with Crippen molar-refractivity contribution in [3.8, 4) is 0 Å². The number of amides is 1. The molecule has 170 valence electrons. The lowest BCUT2D eigenvalue weighted by atomic mass is 9.79. The summed E-state index contributed by atoms with van der Waals surface area (Å²) < 4.78 is 4.41. The predicted molar refractivity (Wildman–Crippen MR) is 120 cm³/mol. The molecule has 5 rings (SSSR count). The van der Waals surface area contributed by atoms with Crippen LogP contribution in [0.4, 0.5) is 0 Å². The van der Waals surface area contributed by atoms with Gasteiger partial charge in [-0.15, -0.1) is 11.8 Å². The molecule has 0 saturated carbocycles. The summed E-state index contributed by atoms with van der Waals surface area (Å²) in [6.07, 6.45) is -0.790. The zero-order valence-electron chi connectivity index (χ0n) is 18.1. The van der Waals surface area contributed by atoms with Gasteiger partial charge in [0.2, 0.25) is 5.91 Å². The van der Waals surface area contributed by atoms with E-state index in [9.17, 15) is 19.8 Å². The molecule has 1 amide bonds. The topological polar surface area (TPSA) is 86.1 Å². The number of hydrogen-bond acceptors (Lipinski definition) is 5.